The number of aromatic nitrogens is 1. The van der Waals surface area contributed by atoms with Gasteiger partial charge in [0.25, 0.3) is 0 Å². The third kappa shape index (κ3) is 5.07. The van der Waals surface area contributed by atoms with Gasteiger partial charge < -0.3 is 15.1 Å². The van der Waals surface area contributed by atoms with Crippen LogP contribution in [0.25, 0.3) is 0 Å². The van der Waals surface area contributed by atoms with E-state index in [4.69, 9.17) is 4.99 Å². The minimum absolute atomic E-state index is 0. The van der Waals surface area contributed by atoms with Gasteiger partial charge in [-0.25, -0.2) is 9.98 Å². The SMILES string of the molecule is CCNC(=NCc1ccsc1)N1CCN(c2ccccn2)CC1.I. The number of guanidine groups is 1. The Balaban J connectivity index is 0.00000208. The number of halogens is 1. The first-order valence-corrected chi connectivity index (χ1v) is 9.01. The maximum absolute atomic E-state index is 4.78. The highest BCUT2D eigenvalue weighted by Gasteiger charge is 2.20. The second kappa shape index (κ2) is 9.83. The highest BCUT2D eigenvalue weighted by molar-refractivity contribution is 14.0. The molecule has 1 aliphatic heterocycles. The summed E-state index contributed by atoms with van der Waals surface area (Å²) in [5.74, 6) is 2.08. The molecule has 130 valence electrons. The third-order valence-electron chi connectivity index (χ3n) is 3.88. The van der Waals surface area contributed by atoms with Crippen LogP contribution in [-0.4, -0.2) is 48.6 Å². The lowest BCUT2D eigenvalue weighted by atomic mass is 10.3. The predicted molar refractivity (Wildman–Crippen MR) is 113 cm³/mol. The van der Waals surface area contributed by atoms with Crippen LogP contribution in [0.1, 0.15) is 12.5 Å². The molecule has 0 atom stereocenters. The van der Waals surface area contributed by atoms with Crippen molar-refractivity contribution in [3.05, 3.63) is 46.8 Å². The van der Waals surface area contributed by atoms with Crippen LogP contribution >= 0.6 is 35.3 Å². The highest BCUT2D eigenvalue weighted by Crippen LogP contribution is 2.13. The zero-order valence-electron chi connectivity index (χ0n) is 13.9. The van der Waals surface area contributed by atoms with Gasteiger partial charge in [0.1, 0.15) is 5.82 Å². The second-order valence-corrected chi connectivity index (χ2v) is 6.24. The van der Waals surface area contributed by atoms with Gasteiger partial charge in [0, 0.05) is 38.9 Å². The van der Waals surface area contributed by atoms with E-state index < -0.39 is 0 Å². The standard InChI is InChI=1S/C17H23N5S.HI/c1-2-18-17(20-13-15-6-12-23-14-15)22-10-8-21(9-11-22)16-5-3-4-7-19-16;/h3-7,12,14H,2,8-11,13H2,1H3,(H,18,20);1H. The van der Waals surface area contributed by atoms with Crippen molar-refractivity contribution in [1.29, 1.82) is 0 Å². The normalized spacial score (nSPS) is 15.1. The minimum Gasteiger partial charge on any atom is -0.357 e. The summed E-state index contributed by atoms with van der Waals surface area (Å²) in [6.45, 7) is 7.62. The molecular weight excluding hydrogens is 433 g/mol. The van der Waals surface area contributed by atoms with Crippen LogP contribution in [0.2, 0.25) is 0 Å². The molecule has 2 aromatic heterocycles. The Hall–Kier alpha value is -1.35. The maximum atomic E-state index is 4.78. The lowest BCUT2D eigenvalue weighted by molar-refractivity contribution is 0.371. The quantitative estimate of drug-likeness (QED) is 0.436. The smallest absolute Gasteiger partial charge is 0.194 e. The molecule has 3 heterocycles. The Morgan fingerprint density at radius 3 is 2.71 bits per heavy atom. The van der Waals surface area contributed by atoms with Gasteiger partial charge in [-0.1, -0.05) is 6.07 Å². The van der Waals surface area contributed by atoms with Crippen LogP contribution in [0.15, 0.2) is 46.2 Å². The first kappa shape index (κ1) is 19.0. The number of rotatable bonds is 4. The number of nitrogens with zero attached hydrogens (tertiary/aromatic N) is 4. The Bertz CT molecular complexity index is 609. The molecule has 0 unspecified atom stereocenters. The molecule has 1 N–H and O–H groups in total. The van der Waals surface area contributed by atoms with Crippen molar-refractivity contribution in [3.63, 3.8) is 0 Å². The van der Waals surface area contributed by atoms with Crippen molar-refractivity contribution in [2.24, 2.45) is 4.99 Å². The minimum atomic E-state index is 0. The highest BCUT2D eigenvalue weighted by atomic mass is 127. The van der Waals surface area contributed by atoms with Gasteiger partial charge in [0.15, 0.2) is 5.96 Å². The molecule has 24 heavy (non-hydrogen) atoms. The van der Waals surface area contributed by atoms with Crippen LogP contribution < -0.4 is 10.2 Å². The molecule has 5 nitrogen and oxygen atoms in total. The molecule has 1 fully saturated rings. The summed E-state index contributed by atoms with van der Waals surface area (Å²) in [6, 6.07) is 8.21. The molecule has 0 spiro atoms. The number of anilines is 1. The lowest BCUT2D eigenvalue weighted by Crippen LogP contribution is -2.52. The summed E-state index contributed by atoms with van der Waals surface area (Å²) >= 11 is 1.72. The Kier molecular flexibility index (Phi) is 7.77. The van der Waals surface area contributed by atoms with Crippen molar-refractivity contribution in [3.8, 4) is 0 Å². The van der Waals surface area contributed by atoms with Crippen molar-refractivity contribution in [2.45, 2.75) is 13.5 Å². The predicted octanol–water partition coefficient (Wildman–Crippen LogP) is 3.05. The van der Waals surface area contributed by atoms with E-state index in [0.29, 0.717) is 0 Å². The van der Waals surface area contributed by atoms with Gasteiger partial charge >= 0.3 is 0 Å². The molecule has 0 aliphatic carbocycles. The van der Waals surface area contributed by atoms with Crippen molar-refractivity contribution >= 4 is 47.1 Å². The van der Waals surface area contributed by atoms with Crippen molar-refractivity contribution in [2.75, 3.05) is 37.6 Å². The molecule has 0 aromatic carbocycles. The first-order valence-electron chi connectivity index (χ1n) is 8.07. The van der Waals surface area contributed by atoms with Gasteiger partial charge in [-0.2, -0.15) is 11.3 Å². The molecular formula is C17H24IN5S. The van der Waals surface area contributed by atoms with Crippen molar-refractivity contribution in [1.82, 2.24) is 15.2 Å². The summed E-state index contributed by atoms with van der Waals surface area (Å²) in [6.07, 6.45) is 1.86. The maximum Gasteiger partial charge on any atom is 0.194 e. The molecule has 3 rings (SSSR count). The summed E-state index contributed by atoms with van der Waals surface area (Å²) in [7, 11) is 0. The zero-order chi connectivity index (χ0) is 15.9. The van der Waals surface area contributed by atoms with E-state index in [1.54, 1.807) is 11.3 Å². The fourth-order valence-corrected chi connectivity index (χ4v) is 3.32. The van der Waals surface area contributed by atoms with Crippen LogP contribution in [-0.2, 0) is 6.54 Å². The van der Waals surface area contributed by atoms with Gasteiger partial charge in [0.2, 0.25) is 0 Å². The molecule has 0 saturated carbocycles. The number of thiophene rings is 1. The van der Waals surface area contributed by atoms with E-state index in [9.17, 15) is 0 Å². The topological polar surface area (TPSA) is 43.8 Å². The molecule has 7 heteroatoms. The zero-order valence-corrected chi connectivity index (χ0v) is 17.0. The monoisotopic (exact) mass is 457 g/mol. The number of piperazine rings is 1. The Morgan fingerprint density at radius 1 is 1.25 bits per heavy atom. The molecule has 0 amide bonds. The van der Waals surface area contributed by atoms with E-state index in [-0.39, 0.29) is 24.0 Å². The van der Waals surface area contributed by atoms with Gasteiger partial charge in [0.05, 0.1) is 6.54 Å². The number of aliphatic imine (C=N–C) groups is 1. The molecule has 1 aliphatic rings. The van der Waals surface area contributed by atoms with E-state index in [1.165, 1.54) is 5.56 Å². The summed E-state index contributed by atoms with van der Waals surface area (Å²) in [4.78, 5) is 13.9. The van der Waals surface area contributed by atoms with Gasteiger partial charge in [-0.15, -0.1) is 24.0 Å². The summed E-state index contributed by atoms with van der Waals surface area (Å²) in [5.41, 5.74) is 1.28. The number of hydrogen-bond acceptors (Lipinski definition) is 4. The van der Waals surface area contributed by atoms with Gasteiger partial charge in [-0.05, 0) is 41.4 Å². The molecule has 2 aromatic rings. The van der Waals surface area contributed by atoms with E-state index >= 15 is 0 Å². The van der Waals surface area contributed by atoms with Crippen LogP contribution in [0.4, 0.5) is 5.82 Å². The number of nitrogens with one attached hydrogen (secondary N) is 1. The number of hydrogen-bond donors (Lipinski definition) is 1. The third-order valence-corrected chi connectivity index (χ3v) is 4.61. The largest absolute Gasteiger partial charge is 0.357 e. The van der Waals surface area contributed by atoms with Crippen molar-refractivity contribution < 1.29 is 0 Å². The van der Waals surface area contributed by atoms with Crippen LogP contribution in [0.5, 0.6) is 0 Å². The first-order chi connectivity index (χ1) is 11.4. The summed E-state index contributed by atoms with van der Waals surface area (Å²) in [5, 5.41) is 7.67. The van der Waals surface area contributed by atoms with E-state index in [2.05, 4.69) is 49.9 Å². The summed E-state index contributed by atoms with van der Waals surface area (Å²) < 4.78 is 0. The molecule has 0 bridgehead atoms. The number of pyridine rings is 1. The van der Waals surface area contributed by atoms with Crippen LogP contribution in [0.3, 0.4) is 0 Å². The fourth-order valence-electron chi connectivity index (χ4n) is 2.66. The second-order valence-electron chi connectivity index (χ2n) is 5.46. The molecule has 0 radical (unpaired) electrons. The fraction of sp³-hybridized carbons (Fsp3) is 0.412. The average molecular weight is 457 g/mol. The van der Waals surface area contributed by atoms with Crippen LogP contribution in [0, 0.1) is 0 Å². The molecule has 1 saturated heterocycles. The van der Waals surface area contributed by atoms with Gasteiger partial charge in [-0.3, -0.25) is 0 Å². The van der Waals surface area contributed by atoms with E-state index in [1.807, 2.05) is 18.3 Å². The lowest BCUT2D eigenvalue weighted by Gasteiger charge is -2.37. The average Bonchev–Trinajstić information content (AvgIpc) is 3.13. The van der Waals surface area contributed by atoms with E-state index in [0.717, 1.165) is 51.0 Å². The Labute approximate surface area is 164 Å². The Morgan fingerprint density at radius 2 is 2.08 bits per heavy atom.